The summed E-state index contributed by atoms with van der Waals surface area (Å²) in [4.78, 5) is 3.91. The van der Waals surface area contributed by atoms with Gasteiger partial charge in [-0.25, -0.2) is 4.98 Å². The first-order valence-corrected chi connectivity index (χ1v) is 7.65. The smallest absolute Gasteiger partial charge is 0.367 e. The van der Waals surface area contributed by atoms with Gasteiger partial charge in [0.05, 0.1) is 5.56 Å². The number of rotatable bonds is 2. The predicted molar refractivity (Wildman–Crippen MR) is 76.6 cm³/mol. The number of nitrogens with zero attached hydrogens (tertiary/aromatic N) is 1. The van der Waals surface area contributed by atoms with Crippen LogP contribution in [0.25, 0.3) is 0 Å². The van der Waals surface area contributed by atoms with Gasteiger partial charge in [-0.3, -0.25) is 0 Å². The quantitative estimate of drug-likeness (QED) is 0.737. The molecule has 0 aliphatic heterocycles. The van der Waals surface area contributed by atoms with Crippen molar-refractivity contribution in [3.05, 3.63) is 22.3 Å². The number of hydrogen-bond donors (Lipinski definition) is 1. The van der Waals surface area contributed by atoms with Gasteiger partial charge in [-0.2, -0.15) is 13.2 Å². The van der Waals surface area contributed by atoms with Crippen molar-refractivity contribution >= 4 is 21.7 Å². The maximum Gasteiger partial charge on any atom is 0.419 e. The van der Waals surface area contributed by atoms with Crippen LogP contribution in [0.2, 0.25) is 0 Å². The zero-order valence-electron chi connectivity index (χ0n) is 11.3. The van der Waals surface area contributed by atoms with Gasteiger partial charge in [0.15, 0.2) is 0 Å². The van der Waals surface area contributed by atoms with Gasteiger partial charge in [-0.15, -0.1) is 0 Å². The number of halogens is 4. The summed E-state index contributed by atoms with van der Waals surface area (Å²) in [6.45, 7) is 2.20. The molecule has 112 valence electrons. The topological polar surface area (TPSA) is 24.9 Å². The molecule has 0 bridgehead atoms. The highest BCUT2D eigenvalue weighted by Gasteiger charge is 2.35. The fourth-order valence-corrected chi connectivity index (χ4v) is 2.93. The van der Waals surface area contributed by atoms with Crippen molar-refractivity contribution in [3.63, 3.8) is 0 Å². The Hall–Kier alpha value is -0.780. The molecule has 1 aromatic rings. The summed E-state index contributed by atoms with van der Waals surface area (Å²) in [5.74, 6) is 0.599. The van der Waals surface area contributed by atoms with Crippen LogP contribution < -0.4 is 5.32 Å². The molecular formula is C14H18BrF3N2. The molecule has 0 aromatic carbocycles. The molecule has 1 heterocycles. The van der Waals surface area contributed by atoms with E-state index in [2.05, 4.69) is 33.2 Å². The summed E-state index contributed by atoms with van der Waals surface area (Å²) in [5.41, 5.74) is -0.704. The van der Waals surface area contributed by atoms with Gasteiger partial charge in [-0.1, -0.05) is 19.8 Å². The van der Waals surface area contributed by atoms with Gasteiger partial charge in [0.25, 0.3) is 0 Å². The third-order valence-electron chi connectivity index (χ3n) is 3.76. The zero-order valence-corrected chi connectivity index (χ0v) is 12.9. The number of hydrogen-bond acceptors (Lipinski definition) is 2. The van der Waals surface area contributed by atoms with E-state index >= 15 is 0 Å². The van der Waals surface area contributed by atoms with Crippen molar-refractivity contribution in [2.45, 2.75) is 51.2 Å². The Balaban J connectivity index is 2.16. The highest BCUT2D eigenvalue weighted by atomic mass is 79.9. The minimum absolute atomic E-state index is 0.0553. The normalized spacial score (nSPS) is 24.2. The highest BCUT2D eigenvalue weighted by molar-refractivity contribution is 9.10. The van der Waals surface area contributed by atoms with E-state index in [9.17, 15) is 13.2 Å². The molecule has 1 aromatic heterocycles. The molecule has 1 aliphatic carbocycles. The van der Waals surface area contributed by atoms with Crippen LogP contribution in [0, 0.1) is 5.92 Å². The second-order valence-corrected chi connectivity index (χ2v) is 6.42. The van der Waals surface area contributed by atoms with Crippen molar-refractivity contribution in [3.8, 4) is 0 Å². The van der Waals surface area contributed by atoms with Crippen LogP contribution in [0.1, 0.15) is 44.6 Å². The van der Waals surface area contributed by atoms with Gasteiger partial charge in [-0.05, 0) is 47.2 Å². The van der Waals surface area contributed by atoms with E-state index in [0.717, 1.165) is 38.2 Å². The molecule has 1 aliphatic rings. The third kappa shape index (κ3) is 4.11. The van der Waals surface area contributed by atoms with Crippen molar-refractivity contribution < 1.29 is 13.2 Å². The number of pyridine rings is 1. The Labute approximate surface area is 125 Å². The molecule has 0 amide bonds. The SMILES string of the molecule is CC1CCCC(Nc2ncc(Br)cc2C(F)(F)F)CC1. The van der Waals surface area contributed by atoms with Crippen molar-refractivity contribution in [1.29, 1.82) is 0 Å². The number of anilines is 1. The lowest BCUT2D eigenvalue weighted by molar-refractivity contribution is -0.137. The van der Waals surface area contributed by atoms with Crippen LogP contribution in [-0.2, 0) is 6.18 Å². The van der Waals surface area contributed by atoms with Crippen LogP contribution >= 0.6 is 15.9 Å². The molecule has 0 radical (unpaired) electrons. The highest BCUT2D eigenvalue weighted by Crippen LogP contribution is 2.36. The Morgan fingerprint density at radius 1 is 1.25 bits per heavy atom. The van der Waals surface area contributed by atoms with E-state index < -0.39 is 11.7 Å². The predicted octanol–water partition coefficient (Wildman–Crippen LogP) is 5.24. The van der Waals surface area contributed by atoms with Gasteiger partial charge in [0.2, 0.25) is 0 Å². The van der Waals surface area contributed by atoms with Crippen LogP contribution in [-0.4, -0.2) is 11.0 Å². The van der Waals surface area contributed by atoms with Crippen molar-refractivity contribution in [2.24, 2.45) is 5.92 Å². The van der Waals surface area contributed by atoms with Crippen LogP contribution in [0.3, 0.4) is 0 Å². The Morgan fingerprint density at radius 2 is 2.00 bits per heavy atom. The molecule has 1 saturated carbocycles. The Bertz CT molecular complexity index is 462. The van der Waals surface area contributed by atoms with Crippen LogP contribution in [0.15, 0.2) is 16.7 Å². The van der Waals surface area contributed by atoms with E-state index in [1.165, 1.54) is 6.20 Å². The molecule has 2 nitrogen and oxygen atoms in total. The van der Waals surface area contributed by atoms with Gasteiger partial charge in [0.1, 0.15) is 5.82 Å². The second-order valence-electron chi connectivity index (χ2n) is 5.50. The average Bonchev–Trinajstić information content (AvgIpc) is 2.55. The average molecular weight is 351 g/mol. The lowest BCUT2D eigenvalue weighted by Gasteiger charge is -2.20. The minimum Gasteiger partial charge on any atom is -0.367 e. The lowest BCUT2D eigenvalue weighted by Crippen LogP contribution is -2.22. The molecule has 0 saturated heterocycles. The summed E-state index contributed by atoms with van der Waals surface area (Å²) in [5, 5.41) is 2.99. The Kier molecular flexibility index (Phi) is 4.94. The maximum atomic E-state index is 13.0. The van der Waals surface area contributed by atoms with Crippen LogP contribution in [0.4, 0.5) is 19.0 Å². The van der Waals surface area contributed by atoms with E-state index in [-0.39, 0.29) is 11.9 Å². The zero-order chi connectivity index (χ0) is 14.8. The minimum atomic E-state index is -4.39. The standard InChI is InChI=1S/C14H18BrF3N2/c1-9-3-2-4-11(6-5-9)20-13-12(14(16,17)18)7-10(15)8-19-13/h7-9,11H,2-6H2,1H3,(H,19,20). The summed E-state index contributed by atoms with van der Waals surface area (Å²) < 4.78 is 39.4. The fourth-order valence-electron chi connectivity index (χ4n) is 2.60. The molecule has 2 atom stereocenters. The molecular weight excluding hydrogens is 333 g/mol. The molecule has 2 rings (SSSR count). The fraction of sp³-hybridized carbons (Fsp3) is 0.643. The molecule has 20 heavy (non-hydrogen) atoms. The third-order valence-corrected chi connectivity index (χ3v) is 4.19. The molecule has 1 N–H and O–H groups in total. The van der Waals surface area contributed by atoms with Crippen LogP contribution in [0.5, 0.6) is 0 Å². The first-order valence-electron chi connectivity index (χ1n) is 6.85. The Morgan fingerprint density at radius 3 is 2.70 bits per heavy atom. The molecule has 0 spiro atoms. The first-order chi connectivity index (χ1) is 9.36. The number of nitrogens with one attached hydrogen (secondary N) is 1. The van der Waals surface area contributed by atoms with E-state index in [4.69, 9.17) is 0 Å². The van der Waals surface area contributed by atoms with Gasteiger partial charge >= 0.3 is 6.18 Å². The summed E-state index contributed by atoms with van der Waals surface area (Å²) in [7, 11) is 0. The summed E-state index contributed by atoms with van der Waals surface area (Å²) >= 11 is 3.04. The molecule has 2 unspecified atom stereocenters. The molecule has 6 heteroatoms. The lowest BCUT2D eigenvalue weighted by atomic mass is 10.0. The van der Waals surface area contributed by atoms with Crippen molar-refractivity contribution in [2.75, 3.05) is 5.32 Å². The number of alkyl halides is 3. The monoisotopic (exact) mass is 350 g/mol. The molecule has 1 fully saturated rings. The maximum absolute atomic E-state index is 13.0. The summed E-state index contributed by atoms with van der Waals surface area (Å²) in [6.07, 6.45) is 2.06. The van der Waals surface area contributed by atoms with Gasteiger partial charge in [0, 0.05) is 16.7 Å². The van der Waals surface area contributed by atoms with Gasteiger partial charge < -0.3 is 5.32 Å². The van der Waals surface area contributed by atoms with E-state index in [1.54, 1.807) is 0 Å². The number of aromatic nitrogens is 1. The second kappa shape index (κ2) is 6.33. The summed E-state index contributed by atoms with van der Waals surface area (Å²) in [6, 6.07) is 1.16. The van der Waals surface area contributed by atoms with E-state index in [0.29, 0.717) is 10.4 Å². The largest absolute Gasteiger partial charge is 0.419 e. The first kappa shape index (κ1) is 15.6. The van der Waals surface area contributed by atoms with E-state index in [1.807, 2.05) is 0 Å². The van der Waals surface area contributed by atoms with Crippen molar-refractivity contribution in [1.82, 2.24) is 4.98 Å².